The lowest BCUT2D eigenvalue weighted by Crippen LogP contribution is -2.36. The first kappa shape index (κ1) is 22.0. The van der Waals surface area contributed by atoms with E-state index in [1.807, 2.05) is 37.3 Å². The van der Waals surface area contributed by atoms with E-state index < -0.39 is 0 Å². The molecule has 0 saturated heterocycles. The van der Waals surface area contributed by atoms with E-state index in [4.69, 9.17) is 18.6 Å². The maximum atomic E-state index is 5.61. The highest BCUT2D eigenvalue weighted by molar-refractivity contribution is 5.79. The minimum atomic E-state index is 0.470. The molecule has 0 radical (unpaired) electrons. The molecule has 0 aliphatic carbocycles. The normalized spacial score (nSPS) is 11.2. The summed E-state index contributed by atoms with van der Waals surface area (Å²) in [5, 5.41) is 6.51. The van der Waals surface area contributed by atoms with Gasteiger partial charge < -0.3 is 29.3 Å². The molecule has 0 spiro atoms. The first-order valence-corrected chi connectivity index (χ1v) is 9.82. The molecule has 31 heavy (non-hydrogen) atoms. The molecule has 0 aliphatic heterocycles. The Labute approximate surface area is 182 Å². The number of hydrogen-bond acceptors (Lipinski definition) is 6. The summed E-state index contributed by atoms with van der Waals surface area (Å²) in [7, 11) is 6.52. The third-order valence-electron chi connectivity index (χ3n) is 4.74. The van der Waals surface area contributed by atoms with Crippen molar-refractivity contribution in [1.82, 2.24) is 15.6 Å². The molecule has 0 bridgehead atoms. The number of nitrogens with zero attached hydrogens (tertiary/aromatic N) is 2. The average molecular weight is 425 g/mol. The van der Waals surface area contributed by atoms with Crippen molar-refractivity contribution in [2.75, 3.05) is 28.4 Å². The van der Waals surface area contributed by atoms with Crippen molar-refractivity contribution in [3.05, 3.63) is 59.5 Å². The topological polar surface area (TPSA) is 90.1 Å². The molecule has 2 aromatic carbocycles. The molecule has 2 N–H and O–H groups in total. The van der Waals surface area contributed by atoms with Gasteiger partial charge in [0.05, 0.1) is 33.6 Å². The summed E-state index contributed by atoms with van der Waals surface area (Å²) in [4.78, 5) is 8.81. The minimum Gasteiger partial charge on any atom is -0.496 e. The predicted octanol–water partition coefficient (Wildman–Crippen LogP) is 3.54. The Hall–Kier alpha value is -3.68. The van der Waals surface area contributed by atoms with E-state index in [1.165, 1.54) is 5.56 Å². The quantitative estimate of drug-likeness (QED) is 0.422. The zero-order valence-corrected chi connectivity index (χ0v) is 18.5. The van der Waals surface area contributed by atoms with Crippen molar-refractivity contribution in [1.29, 1.82) is 0 Å². The first-order chi connectivity index (χ1) is 15.1. The fourth-order valence-electron chi connectivity index (χ4n) is 3.02. The van der Waals surface area contributed by atoms with Crippen LogP contribution in [0.5, 0.6) is 17.2 Å². The number of aryl methyl sites for hydroxylation is 1. The highest BCUT2D eigenvalue weighted by Crippen LogP contribution is 2.34. The number of hydrogen-bond donors (Lipinski definition) is 2. The molecule has 0 atom stereocenters. The number of guanidine groups is 1. The lowest BCUT2D eigenvalue weighted by Gasteiger charge is -2.16. The van der Waals surface area contributed by atoms with Crippen LogP contribution in [-0.4, -0.2) is 39.3 Å². The van der Waals surface area contributed by atoms with Crippen LogP contribution in [0.2, 0.25) is 0 Å². The Kier molecular flexibility index (Phi) is 7.37. The standard InChI is InChI=1S/C23H28N4O4/c1-15-6-8-16(9-7-15)22-27-18(14-31-22)13-26-23(24-2)25-12-17-10-20(29-4)21(30-5)11-19(17)28-3/h6-11,14H,12-13H2,1-5H3,(H2,24,25,26). The number of ether oxygens (including phenoxy) is 3. The molecule has 0 fully saturated rings. The van der Waals surface area contributed by atoms with Gasteiger partial charge >= 0.3 is 0 Å². The number of aliphatic imine (C=N–C) groups is 1. The summed E-state index contributed by atoms with van der Waals surface area (Å²) in [6.07, 6.45) is 1.65. The zero-order valence-electron chi connectivity index (χ0n) is 18.5. The van der Waals surface area contributed by atoms with Gasteiger partial charge in [-0.05, 0) is 25.1 Å². The third kappa shape index (κ3) is 5.48. The monoisotopic (exact) mass is 424 g/mol. The van der Waals surface area contributed by atoms with Crippen LogP contribution in [-0.2, 0) is 13.1 Å². The second kappa shape index (κ2) is 10.4. The van der Waals surface area contributed by atoms with E-state index >= 15 is 0 Å². The molecule has 164 valence electrons. The number of aromatic nitrogens is 1. The molecule has 8 heteroatoms. The van der Waals surface area contributed by atoms with Crippen molar-refractivity contribution in [3.63, 3.8) is 0 Å². The van der Waals surface area contributed by atoms with Crippen molar-refractivity contribution < 1.29 is 18.6 Å². The van der Waals surface area contributed by atoms with Crippen LogP contribution >= 0.6 is 0 Å². The van der Waals surface area contributed by atoms with Gasteiger partial charge in [-0.15, -0.1) is 0 Å². The molecule has 3 rings (SSSR count). The van der Waals surface area contributed by atoms with Gasteiger partial charge in [-0.25, -0.2) is 4.98 Å². The van der Waals surface area contributed by atoms with Gasteiger partial charge in [0.15, 0.2) is 17.5 Å². The van der Waals surface area contributed by atoms with Gasteiger partial charge in [0.1, 0.15) is 12.0 Å². The summed E-state index contributed by atoms with van der Waals surface area (Å²) in [5.74, 6) is 3.15. The van der Waals surface area contributed by atoms with E-state index in [0.29, 0.717) is 42.2 Å². The van der Waals surface area contributed by atoms with Gasteiger partial charge in [-0.1, -0.05) is 17.7 Å². The lowest BCUT2D eigenvalue weighted by atomic mass is 10.1. The Morgan fingerprint density at radius 1 is 0.935 bits per heavy atom. The predicted molar refractivity (Wildman–Crippen MR) is 120 cm³/mol. The number of rotatable bonds is 8. The van der Waals surface area contributed by atoms with Crippen molar-refractivity contribution in [2.24, 2.45) is 4.99 Å². The number of nitrogens with one attached hydrogen (secondary N) is 2. The van der Waals surface area contributed by atoms with Crippen LogP contribution in [0.3, 0.4) is 0 Å². The van der Waals surface area contributed by atoms with Gasteiger partial charge in [-0.2, -0.15) is 0 Å². The fourth-order valence-corrected chi connectivity index (χ4v) is 3.02. The Bertz CT molecular complexity index is 1030. The minimum absolute atomic E-state index is 0.470. The molecular formula is C23H28N4O4. The average Bonchev–Trinajstić information content (AvgIpc) is 3.28. The molecule has 0 saturated carbocycles. The van der Waals surface area contributed by atoms with Gasteiger partial charge in [-0.3, -0.25) is 4.99 Å². The second-order valence-electron chi connectivity index (χ2n) is 6.81. The molecule has 3 aromatic rings. The molecule has 0 unspecified atom stereocenters. The molecule has 8 nitrogen and oxygen atoms in total. The van der Waals surface area contributed by atoms with Crippen LogP contribution in [0, 0.1) is 6.92 Å². The van der Waals surface area contributed by atoms with Crippen LogP contribution < -0.4 is 24.8 Å². The molecule has 0 aliphatic rings. The van der Waals surface area contributed by atoms with Crippen LogP contribution in [0.15, 0.2) is 52.1 Å². The van der Waals surface area contributed by atoms with E-state index in [1.54, 1.807) is 40.7 Å². The highest BCUT2D eigenvalue weighted by Gasteiger charge is 2.13. The summed E-state index contributed by atoms with van der Waals surface area (Å²) in [6.45, 7) is 3.00. The third-order valence-corrected chi connectivity index (χ3v) is 4.74. The number of methoxy groups -OCH3 is 3. The van der Waals surface area contributed by atoms with Crippen LogP contribution in [0.25, 0.3) is 11.5 Å². The summed E-state index contributed by atoms with van der Waals surface area (Å²) in [6, 6.07) is 11.7. The van der Waals surface area contributed by atoms with Crippen molar-refractivity contribution in [2.45, 2.75) is 20.0 Å². The molecule has 1 aromatic heterocycles. The Morgan fingerprint density at radius 3 is 2.23 bits per heavy atom. The van der Waals surface area contributed by atoms with Gasteiger partial charge in [0.2, 0.25) is 5.89 Å². The molecule has 0 amide bonds. The maximum absolute atomic E-state index is 5.61. The van der Waals surface area contributed by atoms with Crippen LogP contribution in [0.1, 0.15) is 16.8 Å². The van der Waals surface area contributed by atoms with Crippen LogP contribution in [0.4, 0.5) is 0 Å². The van der Waals surface area contributed by atoms with E-state index in [0.717, 1.165) is 16.8 Å². The number of oxazole rings is 1. The van der Waals surface area contributed by atoms with Crippen molar-refractivity contribution in [3.8, 4) is 28.7 Å². The highest BCUT2D eigenvalue weighted by atomic mass is 16.5. The maximum Gasteiger partial charge on any atom is 0.226 e. The lowest BCUT2D eigenvalue weighted by molar-refractivity contribution is 0.347. The smallest absolute Gasteiger partial charge is 0.226 e. The largest absolute Gasteiger partial charge is 0.496 e. The summed E-state index contributed by atoms with van der Waals surface area (Å²) < 4.78 is 21.8. The van der Waals surface area contributed by atoms with Gasteiger partial charge in [0, 0.05) is 30.8 Å². The van der Waals surface area contributed by atoms with E-state index in [-0.39, 0.29) is 0 Å². The Morgan fingerprint density at radius 2 is 1.58 bits per heavy atom. The molecule has 1 heterocycles. The summed E-state index contributed by atoms with van der Waals surface area (Å²) in [5.41, 5.74) is 3.83. The van der Waals surface area contributed by atoms with E-state index in [9.17, 15) is 0 Å². The SMILES string of the molecule is CN=C(NCc1coc(-c2ccc(C)cc2)n1)NCc1cc(OC)c(OC)cc1OC. The zero-order chi connectivity index (χ0) is 22.2. The first-order valence-electron chi connectivity index (χ1n) is 9.82. The number of benzene rings is 2. The van der Waals surface area contributed by atoms with Gasteiger partial charge in [0.25, 0.3) is 0 Å². The second-order valence-corrected chi connectivity index (χ2v) is 6.81. The summed E-state index contributed by atoms with van der Waals surface area (Å²) >= 11 is 0. The fraction of sp³-hybridized carbons (Fsp3) is 0.304. The Balaban J connectivity index is 1.61. The molecular weight excluding hydrogens is 396 g/mol. The van der Waals surface area contributed by atoms with E-state index in [2.05, 4.69) is 20.6 Å². The van der Waals surface area contributed by atoms with Crippen molar-refractivity contribution >= 4 is 5.96 Å².